The summed E-state index contributed by atoms with van der Waals surface area (Å²) in [5, 5.41) is 3.48. The van der Waals surface area contributed by atoms with Gasteiger partial charge in [-0.05, 0) is 61.2 Å². The highest BCUT2D eigenvalue weighted by molar-refractivity contribution is 5.38. The second-order valence-electron chi connectivity index (χ2n) is 5.31. The minimum Gasteiger partial charge on any atom is -0.457 e. The van der Waals surface area contributed by atoms with Crippen LogP contribution >= 0.6 is 0 Å². The van der Waals surface area contributed by atoms with E-state index in [2.05, 4.69) is 11.4 Å². The lowest BCUT2D eigenvalue weighted by Crippen LogP contribution is -2.15. The maximum absolute atomic E-state index is 13.1. The lowest BCUT2D eigenvalue weighted by molar-refractivity contribution is 0.475. The third kappa shape index (κ3) is 3.36. The molecule has 2 aromatic carbocycles. The Morgan fingerprint density at radius 2 is 2.05 bits per heavy atom. The zero-order chi connectivity index (χ0) is 13.9. The molecule has 2 nitrogen and oxygen atoms in total. The summed E-state index contributed by atoms with van der Waals surface area (Å²) in [6.07, 6.45) is 2.57. The third-order valence-corrected chi connectivity index (χ3v) is 3.44. The number of nitrogens with one attached hydrogen (secondary N) is 1. The molecule has 1 N–H and O–H groups in total. The predicted molar refractivity (Wildman–Crippen MR) is 77.5 cm³/mol. The molecule has 0 aliphatic heterocycles. The highest BCUT2D eigenvalue weighted by atomic mass is 19.1. The summed E-state index contributed by atoms with van der Waals surface area (Å²) in [5.74, 6) is 1.24. The molecule has 3 heteroatoms. The van der Waals surface area contributed by atoms with Crippen LogP contribution in [0.3, 0.4) is 0 Å². The second kappa shape index (κ2) is 5.63. The fourth-order valence-corrected chi connectivity index (χ4v) is 2.12. The molecule has 0 heterocycles. The molecular formula is C17H18FNO. The number of benzene rings is 2. The van der Waals surface area contributed by atoms with Gasteiger partial charge in [-0.25, -0.2) is 4.39 Å². The van der Waals surface area contributed by atoms with Crippen molar-refractivity contribution in [3.8, 4) is 11.5 Å². The van der Waals surface area contributed by atoms with Gasteiger partial charge in [0, 0.05) is 12.6 Å². The summed E-state index contributed by atoms with van der Waals surface area (Å²) in [5.41, 5.74) is 2.00. The lowest BCUT2D eigenvalue weighted by atomic mass is 10.2. The van der Waals surface area contributed by atoms with Gasteiger partial charge in [-0.15, -0.1) is 0 Å². The zero-order valence-electron chi connectivity index (χ0n) is 11.5. The third-order valence-electron chi connectivity index (χ3n) is 3.44. The molecule has 104 valence electrons. The van der Waals surface area contributed by atoms with E-state index in [1.54, 1.807) is 6.07 Å². The van der Waals surface area contributed by atoms with Crippen molar-refractivity contribution in [2.75, 3.05) is 0 Å². The monoisotopic (exact) mass is 271 g/mol. The molecular weight excluding hydrogens is 253 g/mol. The van der Waals surface area contributed by atoms with Gasteiger partial charge in [0.25, 0.3) is 0 Å². The number of halogens is 1. The Morgan fingerprint density at radius 1 is 1.20 bits per heavy atom. The molecule has 0 unspecified atom stereocenters. The molecule has 3 rings (SSSR count). The highest BCUT2D eigenvalue weighted by Gasteiger charge is 2.19. The van der Waals surface area contributed by atoms with E-state index in [9.17, 15) is 4.39 Å². The smallest absolute Gasteiger partial charge is 0.130 e. The zero-order valence-corrected chi connectivity index (χ0v) is 11.5. The molecule has 0 radical (unpaired) electrons. The van der Waals surface area contributed by atoms with Crippen LogP contribution in [0.15, 0.2) is 42.5 Å². The van der Waals surface area contributed by atoms with Gasteiger partial charge in [-0.3, -0.25) is 0 Å². The topological polar surface area (TPSA) is 21.3 Å². The van der Waals surface area contributed by atoms with Crippen LogP contribution in [0.4, 0.5) is 4.39 Å². The van der Waals surface area contributed by atoms with Crippen molar-refractivity contribution in [2.45, 2.75) is 32.4 Å². The van der Waals surface area contributed by atoms with Crippen LogP contribution in [-0.2, 0) is 6.54 Å². The van der Waals surface area contributed by atoms with Crippen LogP contribution < -0.4 is 10.1 Å². The van der Waals surface area contributed by atoms with Crippen LogP contribution in [0.25, 0.3) is 0 Å². The van der Waals surface area contributed by atoms with E-state index in [1.165, 1.54) is 30.5 Å². The first-order valence-corrected chi connectivity index (χ1v) is 6.97. The molecule has 2 aromatic rings. The van der Waals surface area contributed by atoms with Crippen molar-refractivity contribution in [3.05, 3.63) is 59.4 Å². The van der Waals surface area contributed by atoms with Gasteiger partial charge in [0.1, 0.15) is 17.3 Å². The SMILES string of the molecule is Cc1cc(F)ccc1Oc1cccc(CNC2CC2)c1. The Bertz CT molecular complexity index is 608. The maximum Gasteiger partial charge on any atom is 0.130 e. The van der Waals surface area contributed by atoms with Gasteiger partial charge in [-0.1, -0.05) is 12.1 Å². The molecule has 20 heavy (non-hydrogen) atoms. The van der Waals surface area contributed by atoms with Gasteiger partial charge in [0.2, 0.25) is 0 Å². The van der Waals surface area contributed by atoms with E-state index in [1.807, 2.05) is 25.1 Å². The largest absolute Gasteiger partial charge is 0.457 e. The van der Waals surface area contributed by atoms with Crippen molar-refractivity contribution < 1.29 is 9.13 Å². The Balaban J connectivity index is 1.70. The number of aryl methyl sites for hydroxylation is 1. The van der Waals surface area contributed by atoms with E-state index in [-0.39, 0.29) is 5.82 Å². The van der Waals surface area contributed by atoms with Crippen LogP contribution in [0.1, 0.15) is 24.0 Å². The van der Waals surface area contributed by atoms with Crippen molar-refractivity contribution in [2.24, 2.45) is 0 Å². The van der Waals surface area contributed by atoms with E-state index in [4.69, 9.17) is 4.74 Å². The van der Waals surface area contributed by atoms with Crippen LogP contribution in [0, 0.1) is 12.7 Å². The Hall–Kier alpha value is -1.87. The molecule has 0 bridgehead atoms. The molecule has 0 saturated heterocycles. The Morgan fingerprint density at radius 3 is 2.80 bits per heavy atom. The molecule has 1 saturated carbocycles. The minimum absolute atomic E-state index is 0.239. The number of hydrogen-bond acceptors (Lipinski definition) is 2. The molecule has 1 aliphatic rings. The molecule has 0 amide bonds. The fraction of sp³-hybridized carbons (Fsp3) is 0.294. The van der Waals surface area contributed by atoms with Crippen LogP contribution in [0.5, 0.6) is 11.5 Å². The highest BCUT2D eigenvalue weighted by Crippen LogP contribution is 2.26. The van der Waals surface area contributed by atoms with Gasteiger partial charge < -0.3 is 10.1 Å². The average molecular weight is 271 g/mol. The summed E-state index contributed by atoms with van der Waals surface area (Å²) in [7, 11) is 0. The minimum atomic E-state index is -0.239. The lowest BCUT2D eigenvalue weighted by Gasteiger charge is -2.10. The van der Waals surface area contributed by atoms with Crippen molar-refractivity contribution in [3.63, 3.8) is 0 Å². The van der Waals surface area contributed by atoms with Gasteiger partial charge in [-0.2, -0.15) is 0 Å². The first-order valence-electron chi connectivity index (χ1n) is 6.97. The average Bonchev–Trinajstić information content (AvgIpc) is 3.24. The van der Waals surface area contributed by atoms with E-state index in [0.29, 0.717) is 11.8 Å². The van der Waals surface area contributed by atoms with Gasteiger partial charge in [0.05, 0.1) is 0 Å². The first-order chi connectivity index (χ1) is 9.70. The maximum atomic E-state index is 13.1. The summed E-state index contributed by atoms with van der Waals surface area (Å²) >= 11 is 0. The Kier molecular flexibility index (Phi) is 3.70. The first kappa shape index (κ1) is 13.1. The van der Waals surface area contributed by atoms with Gasteiger partial charge in [0.15, 0.2) is 0 Å². The number of ether oxygens (including phenoxy) is 1. The molecule has 1 aliphatic carbocycles. The standard InChI is InChI=1S/C17H18FNO/c1-12-9-14(18)5-8-17(12)20-16-4-2-3-13(10-16)11-19-15-6-7-15/h2-5,8-10,15,19H,6-7,11H2,1H3. The summed E-state index contributed by atoms with van der Waals surface area (Å²) in [6, 6.07) is 13.3. The molecule has 1 fully saturated rings. The summed E-state index contributed by atoms with van der Waals surface area (Å²) in [4.78, 5) is 0. The fourth-order valence-electron chi connectivity index (χ4n) is 2.12. The van der Waals surface area contributed by atoms with Crippen LogP contribution in [0.2, 0.25) is 0 Å². The van der Waals surface area contributed by atoms with Crippen molar-refractivity contribution in [1.29, 1.82) is 0 Å². The predicted octanol–water partition coefficient (Wildman–Crippen LogP) is 4.18. The van der Waals surface area contributed by atoms with Crippen molar-refractivity contribution in [1.82, 2.24) is 5.32 Å². The van der Waals surface area contributed by atoms with Crippen LogP contribution in [-0.4, -0.2) is 6.04 Å². The second-order valence-corrected chi connectivity index (χ2v) is 5.31. The number of hydrogen-bond donors (Lipinski definition) is 1. The van der Waals surface area contributed by atoms with E-state index in [0.717, 1.165) is 17.9 Å². The molecule has 0 spiro atoms. The summed E-state index contributed by atoms with van der Waals surface area (Å²) in [6.45, 7) is 2.71. The Labute approximate surface area is 118 Å². The van der Waals surface area contributed by atoms with E-state index >= 15 is 0 Å². The van der Waals surface area contributed by atoms with Gasteiger partial charge >= 0.3 is 0 Å². The van der Waals surface area contributed by atoms with E-state index < -0.39 is 0 Å². The van der Waals surface area contributed by atoms with Crippen molar-refractivity contribution >= 4 is 0 Å². The quantitative estimate of drug-likeness (QED) is 0.881. The molecule has 0 atom stereocenters. The summed E-state index contributed by atoms with van der Waals surface area (Å²) < 4.78 is 18.9. The number of rotatable bonds is 5. The normalized spacial score (nSPS) is 14.3. The molecule has 0 aromatic heterocycles.